The normalized spacial score (nSPS) is 14.9. The summed E-state index contributed by atoms with van der Waals surface area (Å²) in [4.78, 5) is 28.6. The molecular formula is C29H40N2O3S. The zero-order valence-corrected chi connectivity index (χ0v) is 22.5. The predicted molar refractivity (Wildman–Crippen MR) is 145 cm³/mol. The summed E-state index contributed by atoms with van der Waals surface area (Å²) in [7, 11) is 1.64. The molecule has 0 heterocycles. The molecule has 0 spiro atoms. The summed E-state index contributed by atoms with van der Waals surface area (Å²) in [6, 6.07) is 14.0. The topological polar surface area (TPSA) is 58.6 Å². The van der Waals surface area contributed by atoms with Gasteiger partial charge in [-0.15, -0.1) is 11.8 Å². The van der Waals surface area contributed by atoms with E-state index in [0.717, 1.165) is 42.7 Å². The van der Waals surface area contributed by atoms with Gasteiger partial charge < -0.3 is 15.0 Å². The number of benzene rings is 2. The van der Waals surface area contributed by atoms with Crippen molar-refractivity contribution in [3.05, 3.63) is 64.7 Å². The quantitative estimate of drug-likeness (QED) is 0.427. The van der Waals surface area contributed by atoms with Crippen LogP contribution in [-0.2, 0) is 21.9 Å². The molecule has 3 rings (SSSR count). The second-order valence-electron chi connectivity index (χ2n) is 9.63. The molecule has 1 N–H and O–H groups in total. The van der Waals surface area contributed by atoms with Crippen molar-refractivity contribution in [1.29, 1.82) is 0 Å². The first kappa shape index (κ1) is 27.1. The Morgan fingerprint density at radius 2 is 1.69 bits per heavy atom. The van der Waals surface area contributed by atoms with Gasteiger partial charge in [0.2, 0.25) is 11.8 Å². The predicted octanol–water partition coefficient (Wildman–Crippen LogP) is 5.80. The van der Waals surface area contributed by atoms with E-state index < -0.39 is 6.04 Å². The van der Waals surface area contributed by atoms with Gasteiger partial charge in [-0.3, -0.25) is 9.59 Å². The van der Waals surface area contributed by atoms with E-state index in [4.69, 9.17) is 4.74 Å². The van der Waals surface area contributed by atoms with E-state index in [9.17, 15) is 9.59 Å². The summed E-state index contributed by atoms with van der Waals surface area (Å²) < 4.78 is 5.28. The van der Waals surface area contributed by atoms with Gasteiger partial charge in [-0.25, -0.2) is 0 Å². The molecule has 5 nitrogen and oxygen atoms in total. The van der Waals surface area contributed by atoms with Crippen LogP contribution in [0, 0.1) is 13.8 Å². The zero-order valence-electron chi connectivity index (χ0n) is 21.6. The van der Waals surface area contributed by atoms with Crippen LogP contribution >= 0.6 is 11.8 Å². The number of carbonyl (C=O) groups excluding carboxylic acids is 2. The number of aryl methyl sites for hydroxylation is 2. The third-order valence-electron chi connectivity index (χ3n) is 6.63. The highest BCUT2D eigenvalue weighted by molar-refractivity contribution is 7.99. The highest BCUT2D eigenvalue weighted by atomic mass is 32.2. The molecule has 6 heteroatoms. The van der Waals surface area contributed by atoms with Crippen LogP contribution in [0.3, 0.4) is 0 Å². The molecule has 0 aromatic heterocycles. The number of carbonyl (C=O) groups is 2. The Morgan fingerprint density at radius 3 is 2.29 bits per heavy atom. The molecule has 1 fully saturated rings. The second kappa shape index (κ2) is 13.6. The Kier molecular flexibility index (Phi) is 10.5. The first-order valence-corrected chi connectivity index (χ1v) is 13.9. The van der Waals surface area contributed by atoms with Gasteiger partial charge in [0.15, 0.2) is 0 Å². The summed E-state index contributed by atoms with van der Waals surface area (Å²) in [5.41, 5.74) is 4.68. The maximum Gasteiger partial charge on any atom is 0.243 e. The Labute approximate surface area is 215 Å². The number of nitrogens with one attached hydrogen (secondary N) is 1. The van der Waals surface area contributed by atoms with Crippen LogP contribution in [0.5, 0.6) is 5.75 Å². The smallest absolute Gasteiger partial charge is 0.243 e. The third-order valence-corrected chi connectivity index (χ3v) is 7.61. The van der Waals surface area contributed by atoms with Crippen LogP contribution in [-0.4, -0.2) is 41.7 Å². The van der Waals surface area contributed by atoms with Gasteiger partial charge in [0.1, 0.15) is 11.8 Å². The first-order valence-electron chi connectivity index (χ1n) is 12.8. The van der Waals surface area contributed by atoms with Gasteiger partial charge in [-0.2, -0.15) is 0 Å². The van der Waals surface area contributed by atoms with Gasteiger partial charge in [-0.1, -0.05) is 67.6 Å². The average Bonchev–Trinajstić information content (AvgIpc) is 2.84. The molecule has 2 aromatic rings. The molecule has 190 valence electrons. The van der Waals surface area contributed by atoms with E-state index in [1.54, 1.807) is 23.8 Å². The highest BCUT2D eigenvalue weighted by Gasteiger charge is 2.30. The number of nitrogens with zero attached hydrogens (tertiary/aromatic N) is 1. The molecule has 1 atom stereocenters. The fourth-order valence-electron chi connectivity index (χ4n) is 4.88. The molecule has 1 saturated carbocycles. The van der Waals surface area contributed by atoms with E-state index in [1.165, 1.54) is 23.1 Å². The van der Waals surface area contributed by atoms with Crippen molar-refractivity contribution in [1.82, 2.24) is 10.2 Å². The highest BCUT2D eigenvalue weighted by Crippen LogP contribution is 2.22. The summed E-state index contributed by atoms with van der Waals surface area (Å²) in [5, 5.41) is 3.24. The largest absolute Gasteiger partial charge is 0.497 e. The van der Waals surface area contributed by atoms with Crippen LogP contribution < -0.4 is 10.1 Å². The Bertz CT molecular complexity index is 950. The number of amides is 2. The van der Waals surface area contributed by atoms with E-state index >= 15 is 0 Å². The van der Waals surface area contributed by atoms with E-state index in [-0.39, 0.29) is 17.9 Å². The molecule has 2 amide bonds. The van der Waals surface area contributed by atoms with Crippen molar-refractivity contribution >= 4 is 23.6 Å². The number of hydrogen-bond acceptors (Lipinski definition) is 4. The van der Waals surface area contributed by atoms with Gasteiger partial charge in [0.25, 0.3) is 0 Å². The van der Waals surface area contributed by atoms with E-state index in [2.05, 4.69) is 37.4 Å². The lowest BCUT2D eigenvalue weighted by molar-refractivity contribution is -0.139. The number of ether oxygens (including phenoxy) is 1. The van der Waals surface area contributed by atoms with Crippen LogP contribution in [0.4, 0.5) is 0 Å². The van der Waals surface area contributed by atoms with Gasteiger partial charge in [0.05, 0.1) is 12.9 Å². The number of thioether (sulfide) groups is 1. The lowest BCUT2D eigenvalue weighted by atomic mass is 9.95. The number of methoxy groups -OCH3 is 1. The van der Waals surface area contributed by atoms with Gasteiger partial charge in [0, 0.05) is 18.3 Å². The Morgan fingerprint density at radius 1 is 1.03 bits per heavy atom. The van der Waals surface area contributed by atoms with Crippen LogP contribution in [0.25, 0.3) is 0 Å². The molecule has 35 heavy (non-hydrogen) atoms. The van der Waals surface area contributed by atoms with Crippen molar-refractivity contribution in [3.8, 4) is 5.75 Å². The minimum absolute atomic E-state index is 0.000775. The number of rotatable bonds is 11. The van der Waals surface area contributed by atoms with E-state index in [1.807, 2.05) is 31.2 Å². The van der Waals surface area contributed by atoms with Crippen molar-refractivity contribution in [3.63, 3.8) is 0 Å². The summed E-state index contributed by atoms with van der Waals surface area (Å²) in [6.45, 7) is 6.59. The molecule has 2 aromatic carbocycles. The molecule has 0 aliphatic heterocycles. The van der Waals surface area contributed by atoms with E-state index in [0.29, 0.717) is 18.7 Å². The molecule has 0 radical (unpaired) electrons. The molecule has 1 unspecified atom stereocenters. The van der Waals surface area contributed by atoms with Crippen molar-refractivity contribution in [2.75, 3.05) is 12.9 Å². The zero-order chi connectivity index (χ0) is 25.2. The fourth-order valence-corrected chi connectivity index (χ4v) is 5.73. The molecule has 0 saturated heterocycles. The minimum Gasteiger partial charge on any atom is -0.497 e. The summed E-state index contributed by atoms with van der Waals surface area (Å²) in [5.74, 6) is 1.87. The lowest BCUT2D eigenvalue weighted by Gasteiger charge is -2.32. The molecule has 1 aliphatic rings. The van der Waals surface area contributed by atoms with Crippen molar-refractivity contribution < 1.29 is 14.3 Å². The average molecular weight is 497 g/mol. The summed E-state index contributed by atoms with van der Waals surface area (Å²) >= 11 is 1.61. The van der Waals surface area contributed by atoms with Crippen LogP contribution in [0.1, 0.15) is 67.7 Å². The number of hydrogen-bond donors (Lipinski definition) is 1. The standard InChI is InChI=1S/C29H40N2O3S/c1-5-27(29(33)30-25-9-7-6-8-10-25)31(18-23-11-13-26(34-4)14-12-23)28(32)20-35-19-24-16-21(2)15-22(3)17-24/h11-17,25,27H,5-10,18-20H2,1-4H3,(H,30,33). The maximum absolute atomic E-state index is 13.5. The van der Waals surface area contributed by atoms with Crippen molar-refractivity contribution in [2.45, 2.75) is 83.7 Å². The van der Waals surface area contributed by atoms with Crippen LogP contribution in [0.2, 0.25) is 0 Å². The van der Waals surface area contributed by atoms with Gasteiger partial charge in [-0.05, 0) is 56.4 Å². The second-order valence-corrected chi connectivity index (χ2v) is 10.6. The SMILES string of the molecule is CCC(C(=O)NC1CCCCC1)N(Cc1ccc(OC)cc1)C(=O)CSCc1cc(C)cc(C)c1. The molecular weight excluding hydrogens is 456 g/mol. The maximum atomic E-state index is 13.5. The minimum atomic E-state index is -0.478. The lowest BCUT2D eigenvalue weighted by Crippen LogP contribution is -2.52. The van der Waals surface area contributed by atoms with Gasteiger partial charge >= 0.3 is 0 Å². The molecule has 0 bridgehead atoms. The Balaban J connectivity index is 1.71. The monoisotopic (exact) mass is 496 g/mol. The van der Waals surface area contributed by atoms with Crippen LogP contribution in [0.15, 0.2) is 42.5 Å². The van der Waals surface area contributed by atoms with Crippen molar-refractivity contribution in [2.24, 2.45) is 0 Å². The Hall–Kier alpha value is -2.47. The first-order chi connectivity index (χ1) is 16.9. The third kappa shape index (κ3) is 8.31. The fraction of sp³-hybridized carbons (Fsp3) is 0.517. The summed E-state index contributed by atoms with van der Waals surface area (Å²) in [6.07, 6.45) is 6.20. The molecule has 1 aliphatic carbocycles.